The van der Waals surface area contributed by atoms with Gasteiger partial charge in [0.05, 0.1) is 5.57 Å². The van der Waals surface area contributed by atoms with Crippen LogP contribution in [-0.2, 0) is 9.53 Å². The molecule has 1 aromatic carbocycles. The van der Waals surface area contributed by atoms with Crippen LogP contribution in [0, 0.1) is 0 Å². The van der Waals surface area contributed by atoms with E-state index in [0.717, 1.165) is 12.2 Å². The Balaban J connectivity index is 2.16. The summed E-state index contributed by atoms with van der Waals surface area (Å²) in [5.74, 6) is -0.288. The Morgan fingerprint density at radius 3 is 2.53 bits per heavy atom. The van der Waals surface area contributed by atoms with E-state index in [0.29, 0.717) is 5.57 Å². The Kier molecular flexibility index (Phi) is 3.74. The van der Waals surface area contributed by atoms with E-state index in [2.05, 4.69) is 0 Å². The van der Waals surface area contributed by atoms with Crippen LogP contribution < -0.4 is 4.90 Å². The van der Waals surface area contributed by atoms with E-state index < -0.39 is 5.60 Å². The minimum atomic E-state index is -0.471. The molecule has 0 N–H and O–H groups in total. The largest absolute Gasteiger partial charge is 0.456 e. The number of hydrogen-bond acceptors (Lipinski definition) is 3. The van der Waals surface area contributed by atoms with Crippen LogP contribution in [-0.4, -0.2) is 18.1 Å². The third-order valence-electron chi connectivity index (χ3n) is 2.62. The van der Waals surface area contributed by atoms with Crippen molar-refractivity contribution in [2.45, 2.75) is 26.4 Å². The number of nitrogens with zero attached hydrogens (tertiary/aromatic N) is 1. The van der Waals surface area contributed by atoms with Gasteiger partial charge < -0.3 is 9.64 Å². The lowest BCUT2D eigenvalue weighted by atomic mass is 10.1. The van der Waals surface area contributed by atoms with Gasteiger partial charge in [0.25, 0.3) is 0 Å². The van der Waals surface area contributed by atoms with E-state index in [4.69, 9.17) is 4.74 Å². The van der Waals surface area contributed by atoms with E-state index in [1.54, 1.807) is 0 Å². The highest BCUT2D eigenvalue weighted by molar-refractivity contribution is 5.92. The molecule has 0 atom stereocenters. The minimum absolute atomic E-state index is 0.288. The van der Waals surface area contributed by atoms with Gasteiger partial charge in [-0.2, -0.15) is 0 Å². The van der Waals surface area contributed by atoms with Crippen molar-refractivity contribution in [3.63, 3.8) is 0 Å². The fourth-order valence-corrected chi connectivity index (χ4v) is 1.81. The monoisotopic (exact) mass is 257 g/mol. The third kappa shape index (κ3) is 3.71. The molecule has 0 aliphatic carbocycles. The van der Waals surface area contributed by atoms with Gasteiger partial charge in [0, 0.05) is 18.4 Å². The molecule has 1 aliphatic heterocycles. The van der Waals surface area contributed by atoms with E-state index >= 15 is 0 Å². The zero-order valence-electron chi connectivity index (χ0n) is 11.6. The molecule has 1 aliphatic rings. The second kappa shape index (κ2) is 5.31. The van der Waals surface area contributed by atoms with Gasteiger partial charge in [-0.1, -0.05) is 24.3 Å². The second-order valence-corrected chi connectivity index (χ2v) is 5.48. The Hall–Kier alpha value is -2.03. The van der Waals surface area contributed by atoms with Gasteiger partial charge in [0.1, 0.15) is 5.60 Å². The first kappa shape index (κ1) is 13.4. The molecular weight excluding hydrogens is 238 g/mol. The summed E-state index contributed by atoms with van der Waals surface area (Å²) in [6.45, 7) is 6.36. The molecule has 0 aromatic heterocycles. The molecule has 0 radical (unpaired) electrons. The van der Waals surface area contributed by atoms with E-state index in [9.17, 15) is 4.79 Å². The van der Waals surface area contributed by atoms with Gasteiger partial charge in [-0.05, 0) is 39.0 Å². The van der Waals surface area contributed by atoms with Gasteiger partial charge in [-0.25, -0.2) is 4.79 Å². The van der Waals surface area contributed by atoms with Crippen LogP contribution in [0.1, 0.15) is 20.8 Å². The summed E-state index contributed by atoms with van der Waals surface area (Å²) in [5, 5.41) is 0. The van der Waals surface area contributed by atoms with Crippen LogP contribution in [0.15, 0.2) is 54.3 Å². The van der Waals surface area contributed by atoms with Crippen LogP contribution in [0.3, 0.4) is 0 Å². The van der Waals surface area contributed by atoms with Gasteiger partial charge in [-0.15, -0.1) is 0 Å². The Morgan fingerprint density at radius 2 is 1.89 bits per heavy atom. The Morgan fingerprint density at radius 1 is 1.21 bits per heavy atom. The molecule has 3 heteroatoms. The van der Waals surface area contributed by atoms with Gasteiger partial charge in [-0.3, -0.25) is 0 Å². The normalized spacial score (nSPS) is 15.1. The summed E-state index contributed by atoms with van der Waals surface area (Å²) in [4.78, 5) is 14.0. The first-order valence-electron chi connectivity index (χ1n) is 6.39. The summed E-state index contributed by atoms with van der Waals surface area (Å²) in [6, 6.07) is 9.97. The summed E-state index contributed by atoms with van der Waals surface area (Å²) in [6.07, 6.45) is 5.61. The van der Waals surface area contributed by atoms with Crippen molar-refractivity contribution >= 4 is 11.7 Å². The van der Waals surface area contributed by atoms with Gasteiger partial charge in [0.2, 0.25) is 0 Å². The number of anilines is 1. The molecule has 3 nitrogen and oxygen atoms in total. The van der Waals surface area contributed by atoms with Crippen molar-refractivity contribution < 1.29 is 9.53 Å². The molecule has 1 aromatic rings. The lowest BCUT2D eigenvalue weighted by Crippen LogP contribution is -2.27. The van der Waals surface area contributed by atoms with E-state index in [1.165, 1.54) is 0 Å². The molecular formula is C16H19NO2. The maximum Gasteiger partial charge on any atom is 0.340 e. The zero-order chi connectivity index (χ0) is 13.9. The van der Waals surface area contributed by atoms with Crippen molar-refractivity contribution in [3.05, 3.63) is 54.3 Å². The third-order valence-corrected chi connectivity index (χ3v) is 2.62. The second-order valence-electron chi connectivity index (χ2n) is 5.48. The van der Waals surface area contributed by atoms with Crippen molar-refractivity contribution in [1.82, 2.24) is 0 Å². The van der Waals surface area contributed by atoms with Crippen molar-refractivity contribution in [2.75, 3.05) is 11.4 Å². The summed E-state index contributed by atoms with van der Waals surface area (Å²) < 4.78 is 5.38. The molecule has 0 amide bonds. The molecule has 19 heavy (non-hydrogen) atoms. The number of carbonyl (C=O) groups is 1. The fraction of sp³-hybridized carbons (Fsp3) is 0.312. The van der Waals surface area contributed by atoms with Crippen LogP contribution >= 0.6 is 0 Å². The Labute approximate surface area is 114 Å². The van der Waals surface area contributed by atoms with Crippen LogP contribution in [0.4, 0.5) is 5.69 Å². The van der Waals surface area contributed by atoms with Crippen LogP contribution in [0.2, 0.25) is 0 Å². The number of para-hydroxylation sites is 1. The number of esters is 1. The maximum absolute atomic E-state index is 12.0. The summed E-state index contributed by atoms with van der Waals surface area (Å²) in [7, 11) is 0. The van der Waals surface area contributed by atoms with Crippen LogP contribution in [0.5, 0.6) is 0 Å². The number of benzene rings is 1. The molecule has 0 spiro atoms. The van der Waals surface area contributed by atoms with Gasteiger partial charge in [0.15, 0.2) is 0 Å². The quantitative estimate of drug-likeness (QED) is 0.761. The highest BCUT2D eigenvalue weighted by Gasteiger charge is 2.20. The first-order valence-corrected chi connectivity index (χ1v) is 6.39. The topological polar surface area (TPSA) is 29.5 Å². The Bertz CT molecular complexity index is 509. The van der Waals surface area contributed by atoms with Crippen molar-refractivity contribution in [2.24, 2.45) is 0 Å². The predicted octanol–water partition coefficient (Wildman–Crippen LogP) is 3.29. The molecule has 2 rings (SSSR count). The lowest BCUT2D eigenvalue weighted by molar-refractivity contribution is -0.149. The van der Waals surface area contributed by atoms with E-state index in [-0.39, 0.29) is 5.97 Å². The highest BCUT2D eigenvalue weighted by Crippen LogP contribution is 2.20. The average molecular weight is 257 g/mol. The maximum atomic E-state index is 12.0. The number of ether oxygens (including phenoxy) is 1. The molecule has 100 valence electrons. The average Bonchev–Trinajstić information content (AvgIpc) is 2.38. The smallest absolute Gasteiger partial charge is 0.340 e. The first-order chi connectivity index (χ1) is 8.96. The van der Waals surface area contributed by atoms with Crippen LogP contribution in [0.25, 0.3) is 0 Å². The standard InChI is InChI=1S/C16H19NO2/c1-16(2,3)19-15(18)13-8-7-11-17(12-13)14-9-5-4-6-10-14/h4-10,12H,11H2,1-3H3. The predicted molar refractivity (Wildman–Crippen MR) is 76.9 cm³/mol. The molecule has 0 saturated carbocycles. The zero-order valence-corrected chi connectivity index (χ0v) is 11.6. The fourth-order valence-electron chi connectivity index (χ4n) is 1.81. The minimum Gasteiger partial charge on any atom is -0.456 e. The molecule has 1 heterocycles. The number of carbonyl (C=O) groups excluding carboxylic acids is 1. The highest BCUT2D eigenvalue weighted by atomic mass is 16.6. The summed E-state index contributed by atoms with van der Waals surface area (Å²) in [5.41, 5.74) is 1.17. The summed E-state index contributed by atoms with van der Waals surface area (Å²) >= 11 is 0. The van der Waals surface area contributed by atoms with Gasteiger partial charge >= 0.3 is 5.97 Å². The molecule has 0 bridgehead atoms. The number of hydrogen-bond donors (Lipinski definition) is 0. The van der Waals surface area contributed by atoms with E-state index in [1.807, 2.05) is 74.4 Å². The van der Waals surface area contributed by atoms with Crippen molar-refractivity contribution in [3.8, 4) is 0 Å². The molecule has 0 saturated heterocycles. The SMILES string of the molecule is CC(C)(C)OC(=O)C1=CN(c2ccccc2)CC=C1. The molecule has 0 unspecified atom stereocenters. The molecule has 0 fully saturated rings. The lowest BCUT2D eigenvalue weighted by Gasteiger charge is -2.25. The number of rotatable bonds is 2. The van der Waals surface area contributed by atoms with Crippen molar-refractivity contribution in [1.29, 1.82) is 0 Å².